The van der Waals surface area contributed by atoms with Crippen molar-refractivity contribution in [2.45, 2.75) is 28.8 Å². The van der Waals surface area contributed by atoms with Crippen molar-refractivity contribution in [3.8, 4) is 0 Å². The van der Waals surface area contributed by atoms with Gasteiger partial charge in [-0.3, -0.25) is 9.59 Å². The van der Waals surface area contributed by atoms with Gasteiger partial charge in [0, 0.05) is 33.9 Å². The minimum Gasteiger partial charge on any atom is -0.325 e. The zero-order chi connectivity index (χ0) is 21.1. The van der Waals surface area contributed by atoms with Crippen LogP contribution in [-0.4, -0.2) is 34.1 Å². The lowest BCUT2D eigenvalue weighted by atomic mass is 10.1. The number of anilines is 2. The quantitative estimate of drug-likeness (QED) is 0.464. The molecule has 1 aliphatic heterocycles. The van der Waals surface area contributed by atoms with Gasteiger partial charge in [0.1, 0.15) is 0 Å². The predicted octanol–water partition coefficient (Wildman–Crippen LogP) is 4.65. The van der Waals surface area contributed by atoms with Crippen LogP contribution in [0, 0.1) is 6.92 Å². The Balaban J connectivity index is 1.53. The Bertz CT molecular complexity index is 1120. The van der Waals surface area contributed by atoms with Crippen molar-refractivity contribution in [1.82, 2.24) is 9.97 Å². The molecule has 0 saturated carbocycles. The number of hydrogen-bond donors (Lipinski definition) is 1. The van der Waals surface area contributed by atoms with Crippen molar-refractivity contribution >= 4 is 46.7 Å². The van der Waals surface area contributed by atoms with Gasteiger partial charge in [0.25, 0.3) is 5.91 Å². The Morgan fingerprint density at radius 1 is 1.17 bits per heavy atom. The van der Waals surface area contributed by atoms with Gasteiger partial charge in [-0.2, -0.15) is 0 Å². The third-order valence-electron chi connectivity index (χ3n) is 4.54. The van der Waals surface area contributed by atoms with Crippen LogP contribution >= 0.6 is 23.5 Å². The van der Waals surface area contributed by atoms with Crippen molar-refractivity contribution in [3.63, 3.8) is 0 Å². The standard InChI is InChI=1S/C22H20N4O2S2/c1-3-26-17-9-8-15(25-20(27)13-29-22-23-11-10-14(2)24-22)12-19(17)30-18-7-5-4-6-16(18)21(26)28/h4-12H,3,13H2,1-2H3,(H,25,27). The third kappa shape index (κ3) is 4.34. The fourth-order valence-electron chi connectivity index (χ4n) is 3.14. The van der Waals surface area contributed by atoms with E-state index in [-0.39, 0.29) is 17.6 Å². The van der Waals surface area contributed by atoms with Gasteiger partial charge >= 0.3 is 0 Å². The number of benzene rings is 2. The lowest BCUT2D eigenvalue weighted by molar-refractivity contribution is -0.113. The Kier molecular flexibility index (Phi) is 6.06. The highest BCUT2D eigenvalue weighted by atomic mass is 32.2. The molecule has 0 radical (unpaired) electrons. The summed E-state index contributed by atoms with van der Waals surface area (Å²) in [6.45, 7) is 4.42. The maximum absolute atomic E-state index is 13.0. The summed E-state index contributed by atoms with van der Waals surface area (Å²) in [6.07, 6.45) is 1.69. The first-order chi connectivity index (χ1) is 14.5. The molecule has 0 atom stereocenters. The average molecular weight is 437 g/mol. The highest BCUT2D eigenvalue weighted by Gasteiger charge is 2.26. The van der Waals surface area contributed by atoms with E-state index in [1.54, 1.807) is 22.9 Å². The second-order valence-electron chi connectivity index (χ2n) is 6.65. The van der Waals surface area contributed by atoms with E-state index in [0.29, 0.717) is 23.0 Å². The molecule has 0 aliphatic carbocycles. The highest BCUT2D eigenvalue weighted by Crippen LogP contribution is 2.42. The molecule has 2 aromatic carbocycles. The summed E-state index contributed by atoms with van der Waals surface area (Å²) in [5, 5.41) is 3.51. The molecule has 0 saturated heterocycles. The summed E-state index contributed by atoms with van der Waals surface area (Å²) >= 11 is 2.84. The zero-order valence-electron chi connectivity index (χ0n) is 16.6. The topological polar surface area (TPSA) is 75.2 Å². The summed E-state index contributed by atoms with van der Waals surface area (Å²) in [4.78, 5) is 37.5. The molecule has 8 heteroatoms. The normalized spacial score (nSPS) is 12.7. The molecular weight excluding hydrogens is 416 g/mol. The molecule has 3 aromatic rings. The van der Waals surface area contributed by atoms with Gasteiger partial charge in [0.15, 0.2) is 5.16 Å². The Hall–Kier alpha value is -2.84. The van der Waals surface area contributed by atoms with Gasteiger partial charge in [0.2, 0.25) is 5.91 Å². The fraction of sp³-hybridized carbons (Fsp3) is 0.182. The number of aryl methyl sites for hydroxylation is 1. The second kappa shape index (κ2) is 8.89. The molecule has 2 amide bonds. The van der Waals surface area contributed by atoms with E-state index in [1.165, 1.54) is 11.8 Å². The number of rotatable bonds is 5. The Labute approximate surface area is 183 Å². The molecule has 1 N–H and O–H groups in total. The zero-order valence-corrected chi connectivity index (χ0v) is 18.2. The van der Waals surface area contributed by atoms with Gasteiger partial charge in [-0.05, 0) is 50.2 Å². The molecule has 0 bridgehead atoms. The summed E-state index contributed by atoms with van der Waals surface area (Å²) in [5.41, 5.74) is 3.11. The molecule has 1 aliphatic rings. The minimum absolute atomic E-state index is 0.00862. The maximum Gasteiger partial charge on any atom is 0.259 e. The third-order valence-corrected chi connectivity index (χ3v) is 6.52. The van der Waals surface area contributed by atoms with E-state index in [0.717, 1.165) is 21.2 Å². The van der Waals surface area contributed by atoms with E-state index < -0.39 is 0 Å². The highest BCUT2D eigenvalue weighted by molar-refractivity contribution is 8.00. The first-order valence-corrected chi connectivity index (χ1v) is 11.3. The Morgan fingerprint density at radius 2 is 2.00 bits per heavy atom. The SMILES string of the molecule is CCN1C(=O)c2ccccc2Sc2cc(NC(=O)CSc3nccc(C)n3)ccc21. The first kappa shape index (κ1) is 20.4. The lowest BCUT2D eigenvalue weighted by Crippen LogP contribution is -2.30. The van der Waals surface area contributed by atoms with E-state index in [1.807, 2.05) is 62.4 Å². The van der Waals surface area contributed by atoms with Crippen LogP contribution in [0.3, 0.4) is 0 Å². The van der Waals surface area contributed by atoms with Crippen molar-refractivity contribution in [3.05, 3.63) is 66.0 Å². The number of thioether (sulfide) groups is 1. The smallest absolute Gasteiger partial charge is 0.259 e. The van der Waals surface area contributed by atoms with Crippen LogP contribution in [0.15, 0.2) is 69.7 Å². The summed E-state index contributed by atoms with van der Waals surface area (Å²) in [6, 6.07) is 15.1. The molecule has 0 spiro atoms. The van der Waals surface area contributed by atoms with Crippen LogP contribution in [0.25, 0.3) is 0 Å². The molecule has 0 fully saturated rings. The minimum atomic E-state index is -0.132. The van der Waals surface area contributed by atoms with E-state index >= 15 is 0 Å². The molecule has 4 rings (SSSR count). The van der Waals surface area contributed by atoms with Gasteiger partial charge in [0.05, 0.1) is 17.0 Å². The maximum atomic E-state index is 13.0. The second-order valence-corrected chi connectivity index (χ2v) is 8.67. The average Bonchev–Trinajstić information content (AvgIpc) is 2.86. The van der Waals surface area contributed by atoms with Crippen molar-refractivity contribution in [1.29, 1.82) is 0 Å². The molecule has 6 nitrogen and oxygen atoms in total. The van der Waals surface area contributed by atoms with Crippen LogP contribution in [0.4, 0.5) is 11.4 Å². The monoisotopic (exact) mass is 436 g/mol. The van der Waals surface area contributed by atoms with Crippen molar-refractivity contribution < 1.29 is 9.59 Å². The molecule has 0 unspecified atom stereocenters. The molecule has 1 aromatic heterocycles. The van der Waals surface area contributed by atoms with E-state index in [4.69, 9.17) is 0 Å². The molecule has 152 valence electrons. The summed E-state index contributed by atoms with van der Waals surface area (Å²) in [5.74, 6) is 0.0778. The van der Waals surface area contributed by atoms with Crippen molar-refractivity contribution in [2.75, 3.05) is 22.5 Å². The first-order valence-electron chi connectivity index (χ1n) is 9.50. The fourth-order valence-corrected chi connectivity index (χ4v) is 4.93. The van der Waals surface area contributed by atoms with E-state index in [9.17, 15) is 9.59 Å². The van der Waals surface area contributed by atoms with Crippen LogP contribution in [0.5, 0.6) is 0 Å². The number of carbonyl (C=O) groups excluding carboxylic acids is 2. The summed E-state index contributed by atoms with van der Waals surface area (Å²) < 4.78 is 0. The number of amides is 2. The van der Waals surface area contributed by atoms with Gasteiger partial charge in [-0.25, -0.2) is 9.97 Å². The van der Waals surface area contributed by atoms with Gasteiger partial charge in [-0.15, -0.1) is 0 Å². The molecular formula is C22H20N4O2S2. The van der Waals surface area contributed by atoms with Crippen LogP contribution in [0.2, 0.25) is 0 Å². The number of aromatic nitrogens is 2. The molecule has 30 heavy (non-hydrogen) atoms. The Morgan fingerprint density at radius 3 is 2.80 bits per heavy atom. The molecule has 2 heterocycles. The van der Waals surface area contributed by atoms with Gasteiger partial charge in [-0.1, -0.05) is 35.7 Å². The van der Waals surface area contributed by atoms with Crippen molar-refractivity contribution in [2.24, 2.45) is 0 Å². The number of fused-ring (bicyclic) bond motifs is 2. The van der Waals surface area contributed by atoms with E-state index in [2.05, 4.69) is 15.3 Å². The number of nitrogens with one attached hydrogen (secondary N) is 1. The number of nitrogens with zero attached hydrogens (tertiary/aromatic N) is 3. The van der Waals surface area contributed by atoms with Crippen LogP contribution in [0.1, 0.15) is 23.0 Å². The largest absolute Gasteiger partial charge is 0.325 e. The van der Waals surface area contributed by atoms with Gasteiger partial charge < -0.3 is 10.2 Å². The summed E-state index contributed by atoms with van der Waals surface area (Å²) in [7, 11) is 0. The van der Waals surface area contributed by atoms with Crippen LogP contribution in [-0.2, 0) is 4.79 Å². The predicted molar refractivity (Wildman–Crippen MR) is 120 cm³/mol. The lowest BCUT2D eigenvalue weighted by Gasteiger charge is -2.21. The number of carbonyl (C=O) groups is 2. The van der Waals surface area contributed by atoms with Crippen LogP contribution < -0.4 is 10.2 Å². The number of hydrogen-bond acceptors (Lipinski definition) is 6.